The summed E-state index contributed by atoms with van der Waals surface area (Å²) in [4.78, 5) is 10.9. The zero-order chi connectivity index (χ0) is 20.2. The molecule has 1 aromatic carbocycles. The summed E-state index contributed by atoms with van der Waals surface area (Å²) in [5, 5.41) is 3.58. The van der Waals surface area contributed by atoms with Crippen molar-refractivity contribution in [3.63, 3.8) is 0 Å². The van der Waals surface area contributed by atoms with E-state index >= 15 is 0 Å². The zero-order valence-electron chi connectivity index (χ0n) is 17.6. The molecule has 5 rings (SSSR count). The van der Waals surface area contributed by atoms with Gasteiger partial charge in [-0.25, -0.2) is 4.98 Å². The van der Waals surface area contributed by atoms with Crippen molar-refractivity contribution >= 4 is 27.2 Å². The van der Waals surface area contributed by atoms with Crippen molar-refractivity contribution in [3.8, 4) is 11.1 Å². The maximum atomic E-state index is 6.04. The van der Waals surface area contributed by atoms with Crippen LogP contribution in [0.2, 0.25) is 0 Å². The average Bonchev–Trinajstić information content (AvgIpc) is 3.48. The molecule has 0 spiro atoms. The normalized spacial score (nSPS) is 18.5. The molecule has 0 atom stereocenters. The van der Waals surface area contributed by atoms with Crippen molar-refractivity contribution in [2.75, 3.05) is 50.8 Å². The molecule has 0 bridgehead atoms. The Bertz CT molecular complexity index is 943. The molecule has 2 aromatic heterocycles. The van der Waals surface area contributed by atoms with E-state index in [-0.39, 0.29) is 0 Å². The van der Waals surface area contributed by atoms with Crippen molar-refractivity contribution in [1.29, 1.82) is 0 Å². The molecule has 30 heavy (non-hydrogen) atoms. The summed E-state index contributed by atoms with van der Waals surface area (Å²) in [5.41, 5.74) is 3.93. The fourth-order valence-corrected chi connectivity index (χ4v) is 5.77. The second kappa shape index (κ2) is 9.46. The average molecular weight is 422 g/mol. The molecule has 2 fully saturated rings. The van der Waals surface area contributed by atoms with Gasteiger partial charge in [0.25, 0.3) is 0 Å². The predicted octanol–water partition coefficient (Wildman–Crippen LogP) is 5.29. The quantitative estimate of drug-likeness (QED) is 0.485. The van der Waals surface area contributed by atoms with E-state index in [0.717, 1.165) is 37.7 Å². The van der Waals surface area contributed by atoms with Gasteiger partial charge < -0.3 is 14.5 Å². The minimum atomic E-state index is 0.688. The van der Waals surface area contributed by atoms with Crippen molar-refractivity contribution in [2.24, 2.45) is 5.92 Å². The summed E-state index contributed by atoms with van der Waals surface area (Å²) >= 11 is 1.75. The molecular weight excluding hydrogens is 390 g/mol. The van der Waals surface area contributed by atoms with Gasteiger partial charge in [-0.3, -0.25) is 0 Å². The smallest absolute Gasteiger partial charge is 0.125 e. The first-order valence-electron chi connectivity index (χ1n) is 11.3. The van der Waals surface area contributed by atoms with Crippen LogP contribution in [-0.2, 0) is 4.74 Å². The van der Waals surface area contributed by atoms with Gasteiger partial charge >= 0.3 is 0 Å². The van der Waals surface area contributed by atoms with Gasteiger partial charge in [-0.05, 0) is 56.3 Å². The summed E-state index contributed by atoms with van der Waals surface area (Å²) in [7, 11) is 0. The highest BCUT2D eigenvalue weighted by atomic mass is 32.1. The number of piperidine rings is 1. The van der Waals surface area contributed by atoms with Gasteiger partial charge in [-0.2, -0.15) is 0 Å². The van der Waals surface area contributed by atoms with Gasteiger partial charge in [0.2, 0.25) is 0 Å². The molecule has 0 N–H and O–H groups in total. The minimum absolute atomic E-state index is 0.688. The lowest BCUT2D eigenvalue weighted by atomic mass is 9.96. The number of hydrogen-bond acceptors (Lipinski definition) is 5. The largest absolute Gasteiger partial charge is 0.380 e. The van der Waals surface area contributed by atoms with Crippen LogP contribution >= 0.6 is 11.3 Å². The topological polar surface area (TPSA) is 28.6 Å². The van der Waals surface area contributed by atoms with Crippen LogP contribution in [0.25, 0.3) is 21.3 Å². The van der Waals surface area contributed by atoms with Gasteiger partial charge in [0.1, 0.15) is 4.83 Å². The van der Waals surface area contributed by atoms with E-state index in [1.807, 2.05) is 6.20 Å². The highest BCUT2D eigenvalue weighted by molar-refractivity contribution is 7.17. The minimum Gasteiger partial charge on any atom is -0.380 e. The highest BCUT2D eigenvalue weighted by Crippen LogP contribution is 2.39. The Morgan fingerprint density at radius 3 is 2.60 bits per heavy atom. The van der Waals surface area contributed by atoms with E-state index in [2.05, 4.69) is 56.6 Å². The van der Waals surface area contributed by atoms with Gasteiger partial charge in [0.05, 0.1) is 6.61 Å². The molecule has 2 aliphatic rings. The number of aromatic nitrogens is 1. The lowest BCUT2D eigenvalue weighted by Gasteiger charge is -2.34. The monoisotopic (exact) mass is 421 g/mol. The van der Waals surface area contributed by atoms with Gasteiger partial charge in [-0.1, -0.05) is 30.3 Å². The Kier molecular flexibility index (Phi) is 6.30. The van der Waals surface area contributed by atoms with Crippen LogP contribution in [0.1, 0.15) is 25.7 Å². The lowest BCUT2D eigenvalue weighted by Crippen LogP contribution is -2.35. The number of pyridine rings is 1. The molecule has 0 amide bonds. The van der Waals surface area contributed by atoms with Crippen LogP contribution in [0.4, 0.5) is 5.69 Å². The Hall–Kier alpha value is -1.95. The van der Waals surface area contributed by atoms with Crippen LogP contribution in [-0.4, -0.2) is 55.8 Å². The molecule has 0 aliphatic carbocycles. The van der Waals surface area contributed by atoms with E-state index in [1.165, 1.54) is 61.0 Å². The Balaban J connectivity index is 1.21. The second-order valence-electron chi connectivity index (χ2n) is 8.58. The number of nitrogens with zero attached hydrogens (tertiary/aromatic N) is 3. The van der Waals surface area contributed by atoms with E-state index in [1.54, 1.807) is 11.3 Å². The number of fused-ring (bicyclic) bond motifs is 1. The highest BCUT2D eigenvalue weighted by Gasteiger charge is 2.23. The van der Waals surface area contributed by atoms with E-state index < -0.39 is 0 Å². The molecule has 158 valence electrons. The van der Waals surface area contributed by atoms with E-state index in [4.69, 9.17) is 4.74 Å². The van der Waals surface area contributed by atoms with Crippen molar-refractivity contribution in [2.45, 2.75) is 25.7 Å². The Labute approximate surface area is 183 Å². The van der Waals surface area contributed by atoms with Crippen LogP contribution in [0.5, 0.6) is 0 Å². The fraction of sp³-hybridized carbons (Fsp3) is 0.480. The number of hydrogen-bond donors (Lipinski definition) is 0. The SMILES string of the molecule is c1ccc(-c2csc3nccc(N4CCC(COCCN5CCCC5)CC4)c23)cc1. The summed E-state index contributed by atoms with van der Waals surface area (Å²) in [5.74, 6) is 0.688. The van der Waals surface area contributed by atoms with Crippen molar-refractivity contribution in [1.82, 2.24) is 9.88 Å². The Morgan fingerprint density at radius 2 is 1.80 bits per heavy atom. The van der Waals surface area contributed by atoms with Crippen LogP contribution < -0.4 is 4.90 Å². The van der Waals surface area contributed by atoms with Crippen LogP contribution in [0.3, 0.4) is 0 Å². The van der Waals surface area contributed by atoms with Crippen LogP contribution in [0, 0.1) is 5.92 Å². The first-order chi connectivity index (χ1) is 14.9. The number of ether oxygens (including phenoxy) is 1. The van der Waals surface area contributed by atoms with E-state index in [9.17, 15) is 0 Å². The predicted molar refractivity (Wildman–Crippen MR) is 126 cm³/mol. The molecular formula is C25H31N3OS. The van der Waals surface area contributed by atoms with Crippen molar-refractivity contribution in [3.05, 3.63) is 48.0 Å². The standard InChI is InChI=1S/C25H31N3OS/c1-2-6-21(7-3-1)22-19-30-25-24(22)23(8-11-26-25)28-14-9-20(10-15-28)18-29-17-16-27-12-4-5-13-27/h1-3,6-8,11,19-20H,4-5,9-10,12-18H2. The molecule has 2 aliphatic heterocycles. The molecule has 0 unspecified atom stereocenters. The molecule has 5 heteroatoms. The summed E-state index contributed by atoms with van der Waals surface area (Å²) < 4.78 is 6.04. The zero-order valence-corrected chi connectivity index (χ0v) is 18.4. The third-order valence-electron chi connectivity index (χ3n) is 6.60. The Morgan fingerprint density at radius 1 is 1.00 bits per heavy atom. The summed E-state index contributed by atoms with van der Waals surface area (Å²) in [6.07, 6.45) is 7.10. The van der Waals surface area contributed by atoms with Crippen LogP contribution in [0.15, 0.2) is 48.0 Å². The lowest BCUT2D eigenvalue weighted by molar-refractivity contribution is 0.0753. The first-order valence-corrected chi connectivity index (χ1v) is 12.2. The summed E-state index contributed by atoms with van der Waals surface area (Å²) in [6.45, 7) is 7.63. The first kappa shape index (κ1) is 20.0. The second-order valence-corrected chi connectivity index (χ2v) is 9.44. The van der Waals surface area contributed by atoms with Gasteiger partial charge in [0.15, 0.2) is 0 Å². The molecule has 0 saturated carbocycles. The number of likely N-dealkylation sites (tertiary alicyclic amines) is 1. The molecule has 4 heterocycles. The molecule has 3 aromatic rings. The third-order valence-corrected chi connectivity index (χ3v) is 7.48. The fourth-order valence-electron chi connectivity index (χ4n) is 4.83. The van der Waals surface area contributed by atoms with Crippen molar-refractivity contribution < 1.29 is 4.74 Å². The molecule has 4 nitrogen and oxygen atoms in total. The van der Waals surface area contributed by atoms with Gasteiger partial charge in [-0.15, -0.1) is 11.3 Å². The molecule has 2 saturated heterocycles. The maximum Gasteiger partial charge on any atom is 0.125 e. The number of rotatable bonds is 7. The number of benzene rings is 1. The number of thiophene rings is 1. The molecule has 0 radical (unpaired) electrons. The number of anilines is 1. The van der Waals surface area contributed by atoms with Gasteiger partial charge in [0, 0.05) is 54.5 Å². The maximum absolute atomic E-state index is 6.04. The van der Waals surface area contributed by atoms with E-state index in [0.29, 0.717) is 5.92 Å². The third kappa shape index (κ3) is 4.39. The summed E-state index contributed by atoms with van der Waals surface area (Å²) in [6, 6.07) is 12.9.